The van der Waals surface area contributed by atoms with Gasteiger partial charge in [0.15, 0.2) is 18.9 Å². The van der Waals surface area contributed by atoms with Gasteiger partial charge in [0, 0.05) is 17.7 Å². The second kappa shape index (κ2) is 6.55. The van der Waals surface area contributed by atoms with Crippen molar-refractivity contribution in [1.82, 2.24) is 0 Å². The maximum atomic E-state index is 6.20. The minimum Gasteiger partial charge on any atom is -0.201 e. The number of benzene rings is 2. The van der Waals surface area contributed by atoms with Gasteiger partial charge in [-0.3, -0.25) is 0 Å². The van der Waals surface area contributed by atoms with Crippen LogP contribution in [0.2, 0.25) is 5.02 Å². The lowest BCUT2D eigenvalue weighted by atomic mass is 10.1. The maximum Gasteiger partial charge on any atom is 0.175 e. The Morgan fingerprint density at radius 3 is 2.05 bits per heavy atom. The lowest BCUT2D eigenvalue weighted by molar-refractivity contribution is -0.688. The van der Waals surface area contributed by atoms with Crippen molar-refractivity contribution in [3.05, 3.63) is 101 Å². The first-order valence-electron chi connectivity index (χ1n) is 7.06. The van der Waals surface area contributed by atoms with Gasteiger partial charge in [-0.05, 0) is 23.6 Å². The Bertz CT molecular complexity index is 705. The van der Waals surface area contributed by atoms with E-state index in [0.29, 0.717) is 0 Å². The van der Waals surface area contributed by atoms with Crippen molar-refractivity contribution in [3.8, 4) is 0 Å². The molecule has 0 aliphatic rings. The first kappa shape index (κ1) is 13.8. The molecule has 0 unspecified atom stereocenters. The summed E-state index contributed by atoms with van der Waals surface area (Å²) in [6.07, 6.45) is 5.19. The standard InChI is InChI=1S/C19H17ClN/c20-19-9-5-4-8-18(19)15-21-12-10-17(11-13-21)14-16-6-2-1-3-7-16/h1-13H,14-15H2/q+1. The molecule has 1 aromatic heterocycles. The summed E-state index contributed by atoms with van der Waals surface area (Å²) in [5.74, 6) is 0. The molecule has 21 heavy (non-hydrogen) atoms. The van der Waals surface area contributed by atoms with Gasteiger partial charge in [-0.15, -0.1) is 0 Å². The number of halogens is 1. The van der Waals surface area contributed by atoms with Gasteiger partial charge in [0.25, 0.3) is 0 Å². The van der Waals surface area contributed by atoms with Crippen molar-refractivity contribution >= 4 is 11.6 Å². The maximum absolute atomic E-state index is 6.20. The molecule has 0 aliphatic heterocycles. The molecule has 0 spiro atoms. The van der Waals surface area contributed by atoms with Gasteiger partial charge in [0.1, 0.15) is 0 Å². The summed E-state index contributed by atoms with van der Waals surface area (Å²) in [7, 11) is 0. The van der Waals surface area contributed by atoms with E-state index in [1.165, 1.54) is 11.1 Å². The van der Waals surface area contributed by atoms with E-state index in [9.17, 15) is 0 Å². The van der Waals surface area contributed by atoms with E-state index >= 15 is 0 Å². The number of pyridine rings is 1. The Labute approximate surface area is 130 Å². The predicted octanol–water partition coefficient (Wildman–Crippen LogP) is 4.27. The van der Waals surface area contributed by atoms with Gasteiger partial charge in [0.05, 0.1) is 5.02 Å². The Hall–Kier alpha value is -2.12. The SMILES string of the molecule is Clc1ccccc1C[n+]1ccc(Cc2ccccc2)cc1. The number of rotatable bonds is 4. The number of hydrogen-bond donors (Lipinski definition) is 0. The van der Waals surface area contributed by atoms with Crippen LogP contribution in [0.15, 0.2) is 79.1 Å². The van der Waals surface area contributed by atoms with E-state index in [-0.39, 0.29) is 0 Å². The van der Waals surface area contributed by atoms with Gasteiger partial charge in [-0.25, -0.2) is 4.57 Å². The van der Waals surface area contributed by atoms with Crippen molar-refractivity contribution in [1.29, 1.82) is 0 Å². The molecule has 1 heterocycles. The van der Waals surface area contributed by atoms with Crippen LogP contribution in [0.4, 0.5) is 0 Å². The van der Waals surface area contributed by atoms with Crippen molar-refractivity contribution in [3.63, 3.8) is 0 Å². The van der Waals surface area contributed by atoms with Crippen LogP contribution in [-0.2, 0) is 13.0 Å². The monoisotopic (exact) mass is 294 g/mol. The Kier molecular flexibility index (Phi) is 4.32. The Morgan fingerprint density at radius 1 is 0.714 bits per heavy atom. The summed E-state index contributed by atoms with van der Waals surface area (Å²) in [5.41, 5.74) is 3.79. The molecule has 3 aromatic rings. The van der Waals surface area contributed by atoms with E-state index < -0.39 is 0 Å². The molecule has 0 fully saturated rings. The van der Waals surface area contributed by atoms with Gasteiger partial charge in [-0.1, -0.05) is 60.1 Å². The van der Waals surface area contributed by atoms with Crippen molar-refractivity contribution in [2.24, 2.45) is 0 Å². The molecular weight excluding hydrogens is 278 g/mol. The second-order valence-corrected chi connectivity index (χ2v) is 5.54. The first-order valence-corrected chi connectivity index (χ1v) is 7.44. The summed E-state index contributed by atoms with van der Waals surface area (Å²) < 4.78 is 2.15. The minimum absolute atomic E-state index is 0.797. The Balaban J connectivity index is 1.71. The largest absolute Gasteiger partial charge is 0.201 e. The highest BCUT2D eigenvalue weighted by molar-refractivity contribution is 6.31. The number of nitrogens with zero attached hydrogens (tertiary/aromatic N) is 1. The van der Waals surface area contributed by atoms with E-state index in [1.807, 2.05) is 24.3 Å². The van der Waals surface area contributed by atoms with E-state index in [4.69, 9.17) is 11.6 Å². The van der Waals surface area contributed by atoms with Gasteiger partial charge in [0.2, 0.25) is 0 Å². The zero-order chi connectivity index (χ0) is 14.5. The van der Waals surface area contributed by atoms with Crippen molar-refractivity contribution < 1.29 is 4.57 Å². The lowest BCUT2D eigenvalue weighted by Gasteiger charge is -2.03. The summed E-state index contributed by atoms with van der Waals surface area (Å²) in [4.78, 5) is 0. The summed E-state index contributed by atoms with van der Waals surface area (Å²) >= 11 is 6.20. The Morgan fingerprint density at radius 2 is 1.33 bits per heavy atom. The third-order valence-electron chi connectivity index (χ3n) is 3.52. The highest BCUT2D eigenvalue weighted by atomic mass is 35.5. The van der Waals surface area contributed by atoms with Crippen LogP contribution in [0.5, 0.6) is 0 Å². The fourth-order valence-corrected chi connectivity index (χ4v) is 2.56. The quantitative estimate of drug-likeness (QED) is 0.633. The molecule has 0 aliphatic carbocycles. The second-order valence-electron chi connectivity index (χ2n) is 5.13. The summed E-state index contributed by atoms with van der Waals surface area (Å²) in [6.45, 7) is 0.797. The fraction of sp³-hybridized carbons (Fsp3) is 0.105. The van der Waals surface area contributed by atoms with Crippen molar-refractivity contribution in [2.45, 2.75) is 13.0 Å². The van der Waals surface area contributed by atoms with Crippen LogP contribution in [0.3, 0.4) is 0 Å². The van der Waals surface area contributed by atoms with Gasteiger partial charge < -0.3 is 0 Å². The third kappa shape index (κ3) is 3.71. The zero-order valence-corrected chi connectivity index (χ0v) is 12.5. The smallest absolute Gasteiger partial charge is 0.175 e. The molecule has 0 radical (unpaired) electrons. The van der Waals surface area contributed by atoms with Crippen LogP contribution < -0.4 is 4.57 Å². The highest BCUT2D eigenvalue weighted by Crippen LogP contribution is 2.14. The molecule has 2 aromatic carbocycles. The number of hydrogen-bond acceptors (Lipinski definition) is 0. The first-order chi connectivity index (χ1) is 10.3. The fourth-order valence-electron chi connectivity index (χ4n) is 2.37. The minimum atomic E-state index is 0.797. The molecule has 0 saturated carbocycles. The molecule has 0 saturated heterocycles. The molecule has 0 N–H and O–H groups in total. The number of aromatic nitrogens is 1. The highest BCUT2D eigenvalue weighted by Gasteiger charge is 2.06. The molecule has 2 heteroatoms. The van der Waals surface area contributed by atoms with E-state index in [1.54, 1.807) is 0 Å². The molecule has 1 nitrogen and oxygen atoms in total. The van der Waals surface area contributed by atoms with Crippen molar-refractivity contribution in [2.75, 3.05) is 0 Å². The molecule has 104 valence electrons. The van der Waals surface area contributed by atoms with E-state index in [0.717, 1.165) is 23.6 Å². The summed E-state index contributed by atoms with van der Waals surface area (Å²) in [5, 5.41) is 0.818. The molecule has 3 rings (SSSR count). The lowest BCUT2D eigenvalue weighted by Crippen LogP contribution is -2.33. The normalized spacial score (nSPS) is 10.5. The molecule has 0 bridgehead atoms. The predicted molar refractivity (Wildman–Crippen MR) is 86.4 cm³/mol. The van der Waals surface area contributed by atoms with E-state index in [2.05, 4.69) is 59.4 Å². The molecule has 0 atom stereocenters. The summed E-state index contributed by atoms with van der Waals surface area (Å²) in [6, 6.07) is 22.8. The zero-order valence-electron chi connectivity index (χ0n) is 11.7. The van der Waals surface area contributed by atoms with Crippen LogP contribution in [0, 0.1) is 0 Å². The average Bonchev–Trinajstić information content (AvgIpc) is 2.52. The van der Waals surface area contributed by atoms with Crippen LogP contribution in [0.1, 0.15) is 16.7 Å². The van der Waals surface area contributed by atoms with Gasteiger partial charge in [-0.2, -0.15) is 0 Å². The molecular formula is C19H17ClN+. The topological polar surface area (TPSA) is 3.88 Å². The molecule has 0 amide bonds. The third-order valence-corrected chi connectivity index (χ3v) is 3.89. The van der Waals surface area contributed by atoms with Crippen LogP contribution in [-0.4, -0.2) is 0 Å². The average molecular weight is 295 g/mol. The van der Waals surface area contributed by atoms with Gasteiger partial charge >= 0.3 is 0 Å². The van der Waals surface area contributed by atoms with Crippen LogP contribution >= 0.6 is 11.6 Å². The van der Waals surface area contributed by atoms with Crippen LogP contribution in [0.25, 0.3) is 0 Å².